The Balaban J connectivity index is 1.79. The van der Waals surface area contributed by atoms with Gasteiger partial charge in [-0.2, -0.15) is 4.68 Å². The summed E-state index contributed by atoms with van der Waals surface area (Å²) in [6.07, 6.45) is 0. The third kappa shape index (κ3) is 4.12. The SMILES string of the molecule is COc1ccc(-c2nc3ccccc3c(=O)n2NC(=O)c2ccc(C(C)(C)C)cc2)cc1. The molecule has 0 saturated heterocycles. The molecule has 4 aromatic rings. The third-order valence-corrected chi connectivity index (χ3v) is 5.35. The average Bonchev–Trinajstić information content (AvgIpc) is 2.80. The molecule has 162 valence electrons. The largest absolute Gasteiger partial charge is 0.497 e. The molecule has 32 heavy (non-hydrogen) atoms. The fraction of sp³-hybridized carbons (Fsp3) is 0.192. The Morgan fingerprint density at radius 3 is 2.22 bits per heavy atom. The van der Waals surface area contributed by atoms with Crippen LogP contribution in [0.5, 0.6) is 5.75 Å². The summed E-state index contributed by atoms with van der Waals surface area (Å²) in [5.41, 5.74) is 5.20. The molecule has 1 heterocycles. The van der Waals surface area contributed by atoms with Gasteiger partial charge in [0.25, 0.3) is 11.5 Å². The minimum Gasteiger partial charge on any atom is -0.497 e. The number of carbonyl (C=O) groups is 1. The molecule has 0 spiro atoms. The zero-order valence-electron chi connectivity index (χ0n) is 18.5. The highest BCUT2D eigenvalue weighted by molar-refractivity contribution is 6.00. The number of rotatable bonds is 4. The molecule has 0 aliphatic carbocycles. The van der Waals surface area contributed by atoms with Crippen LogP contribution in [0.15, 0.2) is 77.6 Å². The van der Waals surface area contributed by atoms with Gasteiger partial charge in [0.15, 0.2) is 5.82 Å². The first-order valence-corrected chi connectivity index (χ1v) is 10.4. The minimum atomic E-state index is -0.389. The molecule has 0 atom stereocenters. The van der Waals surface area contributed by atoms with E-state index in [2.05, 4.69) is 31.2 Å². The molecular weight excluding hydrogens is 402 g/mol. The molecule has 0 saturated carbocycles. The molecule has 0 unspecified atom stereocenters. The first-order valence-electron chi connectivity index (χ1n) is 10.4. The van der Waals surface area contributed by atoms with Crippen molar-refractivity contribution in [1.82, 2.24) is 9.66 Å². The quantitative estimate of drug-likeness (QED) is 0.510. The Hall–Kier alpha value is -3.93. The van der Waals surface area contributed by atoms with Crippen molar-refractivity contribution < 1.29 is 9.53 Å². The summed E-state index contributed by atoms with van der Waals surface area (Å²) >= 11 is 0. The van der Waals surface area contributed by atoms with E-state index >= 15 is 0 Å². The molecular formula is C26H25N3O3. The summed E-state index contributed by atoms with van der Waals surface area (Å²) in [6, 6.07) is 21.6. The Bertz CT molecular complexity index is 1330. The molecule has 1 N–H and O–H groups in total. The predicted molar refractivity (Wildman–Crippen MR) is 127 cm³/mol. The predicted octanol–water partition coefficient (Wildman–Crippen LogP) is 4.75. The maximum atomic E-state index is 13.3. The van der Waals surface area contributed by atoms with Gasteiger partial charge in [-0.05, 0) is 59.5 Å². The van der Waals surface area contributed by atoms with Crippen LogP contribution in [0.1, 0.15) is 36.7 Å². The van der Waals surface area contributed by atoms with Crippen LogP contribution >= 0.6 is 0 Å². The standard InChI is InChI=1S/C26H25N3O3/c1-26(2,3)19-13-9-18(10-14-19)24(30)28-29-23(17-11-15-20(32-4)16-12-17)27-22-8-6-5-7-21(22)25(29)31/h5-16H,1-4H3,(H,28,30). The van der Waals surface area contributed by atoms with Gasteiger partial charge >= 0.3 is 0 Å². The van der Waals surface area contributed by atoms with Gasteiger partial charge in [0, 0.05) is 11.1 Å². The van der Waals surface area contributed by atoms with Crippen molar-refractivity contribution in [3.05, 3.63) is 94.3 Å². The number of aromatic nitrogens is 2. The molecule has 6 heteroatoms. The number of nitrogens with one attached hydrogen (secondary N) is 1. The molecule has 0 aliphatic heterocycles. The van der Waals surface area contributed by atoms with E-state index in [0.717, 1.165) is 5.56 Å². The number of amides is 1. The number of ether oxygens (including phenoxy) is 1. The maximum absolute atomic E-state index is 13.3. The summed E-state index contributed by atoms with van der Waals surface area (Å²) in [5.74, 6) is 0.641. The Labute approximate surface area is 186 Å². The molecule has 0 radical (unpaired) electrons. The number of hydrogen-bond donors (Lipinski definition) is 1. The van der Waals surface area contributed by atoms with Crippen molar-refractivity contribution in [2.24, 2.45) is 0 Å². The fourth-order valence-corrected chi connectivity index (χ4v) is 3.46. The van der Waals surface area contributed by atoms with Crippen LogP contribution in [0.2, 0.25) is 0 Å². The molecule has 3 aromatic carbocycles. The van der Waals surface area contributed by atoms with Gasteiger partial charge < -0.3 is 4.74 Å². The maximum Gasteiger partial charge on any atom is 0.280 e. The molecule has 0 aliphatic rings. The lowest BCUT2D eigenvalue weighted by atomic mass is 9.87. The van der Waals surface area contributed by atoms with Crippen LogP contribution in [0, 0.1) is 0 Å². The monoisotopic (exact) mass is 427 g/mol. The third-order valence-electron chi connectivity index (χ3n) is 5.35. The zero-order valence-corrected chi connectivity index (χ0v) is 18.5. The van der Waals surface area contributed by atoms with Gasteiger partial charge in [-0.15, -0.1) is 0 Å². The number of carbonyl (C=O) groups excluding carboxylic acids is 1. The summed E-state index contributed by atoms with van der Waals surface area (Å²) in [6.45, 7) is 6.34. The Morgan fingerprint density at radius 2 is 1.59 bits per heavy atom. The number of benzene rings is 3. The van der Waals surface area contributed by atoms with Crippen molar-refractivity contribution in [2.75, 3.05) is 12.5 Å². The van der Waals surface area contributed by atoms with Crippen LogP contribution in [0.25, 0.3) is 22.3 Å². The summed E-state index contributed by atoms with van der Waals surface area (Å²) < 4.78 is 6.44. The fourth-order valence-electron chi connectivity index (χ4n) is 3.46. The second-order valence-corrected chi connectivity index (χ2v) is 8.59. The summed E-state index contributed by atoms with van der Waals surface area (Å²) in [4.78, 5) is 31.0. The summed E-state index contributed by atoms with van der Waals surface area (Å²) in [7, 11) is 1.59. The van der Waals surface area contributed by atoms with E-state index < -0.39 is 0 Å². The van der Waals surface area contributed by atoms with E-state index in [1.807, 2.05) is 18.2 Å². The van der Waals surface area contributed by atoms with Crippen molar-refractivity contribution in [1.29, 1.82) is 0 Å². The minimum absolute atomic E-state index is 0.0181. The molecule has 4 rings (SSSR count). The van der Waals surface area contributed by atoms with Crippen molar-refractivity contribution in [3.63, 3.8) is 0 Å². The van der Waals surface area contributed by atoms with Crippen molar-refractivity contribution in [2.45, 2.75) is 26.2 Å². The zero-order chi connectivity index (χ0) is 22.9. The topological polar surface area (TPSA) is 73.2 Å². The Kier molecular flexibility index (Phi) is 5.53. The second-order valence-electron chi connectivity index (χ2n) is 8.59. The van der Waals surface area contributed by atoms with E-state index in [9.17, 15) is 9.59 Å². The van der Waals surface area contributed by atoms with E-state index in [4.69, 9.17) is 4.74 Å². The molecule has 1 aromatic heterocycles. The van der Waals surface area contributed by atoms with E-state index in [1.165, 1.54) is 4.68 Å². The highest BCUT2D eigenvalue weighted by Crippen LogP contribution is 2.23. The van der Waals surface area contributed by atoms with E-state index in [-0.39, 0.29) is 16.9 Å². The van der Waals surface area contributed by atoms with Crippen LogP contribution < -0.4 is 15.7 Å². The normalized spacial score (nSPS) is 11.4. The van der Waals surface area contributed by atoms with Crippen LogP contribution in [-0.2, 0) is 5.41 Å². The van der Waals surface area contributed by atoms with Crippen molar-refractivity contribution >= 4 is 16.8 Å². The average molecular weight is 428 g/mol. The lowest BCUT2D eigenvalue weighted by Gasteiger charge is -2.19. The molecule has 6 nitrogen and oxygen atoms in total. The van der Waals surface area contributed by atoms with Gasteiger partial charge in [0.1, 0.15) is 5.75 Å². The van der Waals surface area contributed by atoms with Crippen LogP contribution in [0.3, 0.4) is 0 Å². The van der Waals surface area contributed by atoms with Gasteiger partial charge in [-0.1, -0.05) is 45.0 Å². The Morgan fingerprint density at radius 1 is 0.938 bits per heavy atom. The van der Waals surface area contributed by atoms with Gasteiger partial charge in [0.2, 0.25) is 0 Å². The summed E-state index contributed by atoms with van der Waals surface area (Å²) in [5, 5.41) is 0.424. The smallest absolute Gasteiger partial charge is 0.280 e. The van der Waals surface area contributed by atoms with E-state index in [0.29, 0.717) is 33.6 Å². The van der Waals surface area contributed by atoms with Crippen LogP contribution in [-0.4, -0.2) is 22.7 Å². The lowest BCUT2D eigenvalue weighted by molar-refractivity contribution is 0.101. The second kappa shape index (κ2) is 8.30. The number of para-hydroxylation sites is 1. The van der Waals surface area contributed by atoms with E-state index in [1.54, 1.807) is 61.7 Å². The molecule has 0 fully saturated rings. The van der Waals surface area contributed by atoms with Gasteiger partial charge in [-0.3, -0.25) is 15.0 Å². The number of nitrogens with zero attached hydrogens (tertiary/aromatic N) is 2. The highest BCUT2D eigenvalue weighted by atomic mass is 16.5. The number of hydrogen-bond acceptors (Lipinski definition) is 4. The van der Waals surface area contributed by atoms with Crippen LogP contribution in [0.4, 0.5) is 0 Å². The number of fused-ring (bicyclic) bond motifs is 1. The molecule has 0 bridgehead atoms. The molecule has 1 amide bonds. The van der Waals surface area contributed by atoms with Crippen molar-refractivity contribution in [3.8, 4) is 17.1 Å². The first kappa shape index (κ1) is 21.3. The van der Waals surface area contributed by atoms with Gasteiger partial charge in [-0.25, -0.2) is 4.98 Å². The first-order chi connectivity index (χ1) is 15.3. The highest BCUT2D eigenvalue weighted by Gasteiger charge is 2.17. The van der Waals surface area contributed by atoms with Gasteiger partial charge in [0.05, 0.1) is 18.0 Å². The number of methoxy groups -OCH3 is 1. The lowest BCUT2D eigenvalue weighted by Crippen LogP contribution is -2.35.